The average Bonchev–Trinajstić information content (AvgIpc) is 2.95. The van der Waals surface area contributed by atoms with Gasteiger partial charge in [0, 0.05) is 12.1 Å². The van der Waals surface area contributed by atoms with Gasteiger partial charge in [0.05, 0.1) is 12.0 Å². The fourth-order valence-electron chi connectivity index (χ4n) is 2.35. The third kappa shape index (κ3) is 2.87. The molecule has 1 aliphatic rings. The van der Waals surface area contributed by atoms with Crippen LogP contribution >= 0.6 is 27.3 Å². The minimum Gasteiger partial charge on any atom is -0.495 e. The number of ether oxygens (including phenoxy) is 1. The summed E-state index contributed by atoms with van der Waals surface area (Å²) in [5.41, 5.74) is 5.71. The molecule has 2 rings (SSSR count). The quantitative estimate of drug-likeness (QED) is 0.889. The maximum absolute atomic E-state index is 12.1. The van der Waals surface area contributed by atoms with Crippen molar-refractivity contribution in [2.45, 2.75) is 25.3 Å². The third-order valence-corrected chi connectivity index (χ3v) is 5.16. The fourth-order valence-corrected chi connectivity index (χ4v) is 3.90. The van der Waals surface area contributed by atoms with Gasteiger partial charge in [-0.15, -0.1) is 11.3 Å². The van der Waals surface area contributed by atoms with Crippen LogP contribution in [0.2, 0.25) is 0 Å². The maximum Gasteiger partial charge on any atom is 0.261 e. The Morgan fingerprint density at radius 1 is 1.67 bits per heavy atom. The highest BCUT2D eigenvalue weighted by atomic mass is 79.9. The normalized spacial score (nSPS) is 23.1. The van der Waals surface area contributed by atoms with Gasteiger partial charge >= 0.3 is 0 Å². The van der Waals surface area contributed by atoms with E-state index in [-0.39, 0.29) is 11.9 Å². The molecule has 2 unspecified atom stereocenters. The Kier molecular flexibility index (Phi) is 4.64. The maximum atomic E-state index is 12.1. The Hall–Kier alpha value is -0.590. The number of nitrogens with two attached hydrogens (primary N) is 1. The van der Waals surface area contributed by atoms with E-state index in [1.54, 1.807) is 13.2 Å². The molecule has 0 spiro atoms. The first-order valence-corrected chi connectivity index (χ1v) is 7.61. The van der Waals surface area contributed by atoms with E-state index in [0.717, 1.165) is 23.0 Å². The molecule has 0 radical (unpaired) electrons. The van der Waals surface area contributed by atoms with E-state index in [4.69, 9.17) is 10.5 Å². The molecule has 0 aromatic carbocycles. The SMILES string of the molecule is COc1cc(C(=O)NC2CCCC2CN)sc1Br. The van der Waals surface area contributed by atoms with Gasteiger partial charge in [-0.3, -0.25) is 4.79 Å². The van der Waals surface area contributed by atoms with Crippen LogP contribution in [0.25, 0.3) is 0 Å². The second-order valence-corrected chi connectivity index (χ2v) is 6.83. The Morgan fingerprint density at radius 3 is 3.06 bits per heavy atom. The van der Waals surface area contributed by atoms with E-state index in [1.807, 2.05) is 0 Å². The number of thiophene rings is 1. The lowest BCUT2D eigenvalue weighted by Crippen LogP contribution is -2.39. The highest BCUT2D eigenvalue weighted by molar-refractivity contribution is 9.11. The summed E-state index contributed by atoms with van der Waals surface area (Å²) in [7, 11) is 1.59. The summed E-state index contributed by atoms with van der Waals surface area (Å²) in [6.07, 6.45) is 3.28. The van der Waals surface area contributed by atoms with Gasteiger partial charge in [0.25, 0.3) is 5.91 Å². The Labute approximate surface area is 119 Å². The Morgan fingerprint density at radius 2 is 2.44 bits per heavy atom. The van der Waals surface area contributed by atoms with Gasteiger partial charge in [0.2, 0.25) is 0 Å². The molecule has 3 N–H and O–H groups in total. The molecule has 100 valence electrons. The van der Waals surface area contributed by atoms with Gasteiger partial charge < -0.3 is 15.8 Å². The lowest BCUT2D eigenvalue weighted by Gasteiger charge is -2.18. The molecule has 18 heavy (non-hydrogen) atoms. The number of rotatable bonds is 4. The van der Waals surface area contributed by atoms with Crippen LogP contribution in [0.4, 0.5) is 0 Å². The summed E-state index contributed by atoms with van der Waals surface area (Å²) in [5, 5.41) is 3.08. The summed E-state index contributed by atoms with van der Waals surface area (Å²) in [4.78, 5) is 12.8. The molecule has 1 aromatic rings. The van der Waals surface area contributed by atoms with Crippen LogP contribution in [0.3, 0.4) is 0 Å². The number of hydrogen-bond acceptors (Lipinski definition) is 4. The molecule has 1 heterocycles. The van der Waals surface area contributed by atoms with E-state index >= 15 is 0 Å². The number of halogens is 1. The zero-order valence-corrected chi connectivity index (χ0v) is 12.6. The van der Waals surface area contributed by atoms with Gasteiger partial charge in [-0.2, -0.15) is 0 Å². The predicted molar refractivity (Wildman–Crippen MR) is 76.2 cm³/mol. The molecular weight excluding hydrogens is 316 g/mol. The molecule has 1 aliphatic carbocycles. The number of carbonyl (C=O) groups excluding carboxylic acids is 1. The summed E-state index contributed by atoms with van der Waals surface area (Å²) in [6.45, 7) is 0.641. The van der Waals surface area contributed by atoms with Gasteiger partial charge in [-0.1, -0.05) is 6.42 Å². The number of amides is 1. The van der Waals surface area contributed by atoms with Crippen LogP contribution < -0.4 is 15.8 Å². The number of methoxy groups -OCH3 is 1. The smallest absolute Gasteiger partial charge is 0.261 e. The molecule has 1 aromatic heterocycles. The number of nitrogens with one attached hydrogen (secondary N) is 1. The Bertz CT molecular complexity index is 436. The summed E-state index contributed by atoms with van der Waals surface area (Å²) in [5.74, 6) is 1.08. The van der Waals surface area contributed by atoms with Crippen molar-refractivity contribution in [3.05, 3.63) is 14.7 Å². The van der Waals surface area contributed by atoms with Crippen molar-refractivity contribution in [3.63, 3.8) is 0 Å². The molecule has 0 bridgehead atoms. The lowest BCUT2D eigenvalue weighted by molar-refractivity contribution is 0.0932. The number of hydrogen-bond donors (Lipinski definition) is 2. The van der Waals surface area contributed by atoms with Gasteiger partial charge in [0.1, 0.15) is 9.54 Å². The van der Waals surface area contributed by atoms with Gasteiger partial charge in [-0.05, 0) is 41.2 Å². The first-order chi connectivity index (χ1) is 8.65. The van der Waals surface area contributed by atoms with Crippen molar-refractivity contribution in [1.29, 1.82) is 0 Å². The van der Waals surface area contributed by atoms with Crippen LogP contribution in [-0.4, -0.2) is 25.6 Å². The van der Waals surface area contributed by atoms with Gasteiger partial charge in [-0.25, -0.2) is 0 Å². The monoisotopic (exact) mass is 332 g/mol. The van der Waals surface area contributed by atoms with E-state index < -0.39 is 0 Å². The summed E-state index contributed by atoms with van der Waals surface area (Å²) >= 11 is 4.76. The largest absolute Gasteiger partial charge is 0.495 e. The molecule has 2 atom stereocenters. The molecule has 0 saturated heterocycles. The van der Waals surface area contributed by atoms with Crippen molar-refractivity contribution in [2.24, 2.45) is 11.7 Å². The topological polar surface area (TPSA) is 64.3 Å². The minimum absolute atomic E-state index is 0.0330. The third-order valence-electron chi connectivity index (χ3n) is 3.38. The van der Waals surface area contributed by atoms with Crippen LogP contribution in [0, 0.1) is 5.92 Å². The highest BCUT2D eigenvalue weighted by Crippen LogP contribution is 2.34. The second-order valence-electron chi connectivity index (χ2n) is 4.46. The van der Waals surface area contributed by atoms with Crippen molar-refractivity contribution in [1.82, 2.24) is 5.32 Å². The molecular formula is C12H17BrN2O2S. The van der Waals surface area contributed by atoms with E-state index in [2.05, 4.69) is 21.2 Å². The fraction of sp³-hybridized carbons (Fsp3) is 0.583. The summed E-state index contributed by atoms with van der Waals surface area (Å²) in [6, 6.07) is 1.98. The minimum atomic E-state index is -0.0330. The van der Waals surface area contributed by atoms with E-state index in [1.165, 1.54) is 11.3 Å². The number of carbonyl (C=O) groups is 1. The lowest BCUT2D eigenvalue weighted by atomic mass is 10.0. The van der Waals surface area contributed by atoms with Crippen LogP contribution in [0.1, 0.15) is 28.9 Å². The predicted octanol–water partition coefficient (Wildman–Crippen LogP) is 2.38. The highest BCUT2D eigenvalue weighted by Gasteiger charge is 2.28. The van der Waals surface area contributed by atoms with Crippen molar-refractivity contribution < 1.29 is 9.53 Å². The van der Waals surface area contributed by atoms with Crippen LogP contribution in [0.5, 0.6) is 5.75 Å². The van der Waals surface area contributed by atoms with Crippen molar-refractivity contribution >= 4 is 33.2 Å². The van der Waals surface area contributed by atoms with E-state index in [9.17, 15) is 4.79 Å². The molecule has 0 aliphatic heterocycles. The summed E-state index contributed by atoms with van der Waals surface area (Å²) < 4.78 is 6.00. The zero-order valence-electron chi connectivity index (χ0n) is 10.2. The van der Waals surface area contributed by atoms with Crippen LogP contribution in [0.15, 0.2) is 9.85 Å². The van der Waals surface area contributed by atoms with Crippen molar-refractivity contribution in [3.8, 4) is 5.75 Å². The second kappa shape index (κ2) is 6.04. The molecule has 1 fully saturated rings. The first kappa shape index (κ1) is 13.8. The van der Waals surface area contributed by atoms with E-state index in [0.29, 0.717) is 23.1 Å². The van der Waals surface area contributed by atoms with Gasteiger partial charge in [0.15, 0.2) is 0 Å². The molecule has 6 heteroatoms. The average molecular weight is 333 g/mol. The first-order valence-electron chi connectivity index (χ1n) is 6.00. The van der Waals surface area contributed by atoms with Crippen molar-refractivity contribution in [2.75, 3.05) is 13.7 Å². The van der Waals surface area contributed by atoms with Crippen LogP contribution in [-0.2, 0) is 0 Å². The Balaban J connectivity index is 2.02. The molecule has 4 nitrogen and oxygen atoms in total. The molecule has 1 saturated carbocycles. The molecule has 1 amide bonds. The zero-order chi connectivity index (χ0) is 13.1. The standard InChI is InChI=1S/C12H17BrN2O2S/c1-17-9-5-10(18-11(9)13)12(16)15-8-4-2-3-7(8)6-14/h5,7-8H,2-4,6,14H2,1H3,(H,15,16).